The summed E-state index contributed by atoms with van der Waals surface area (Å²) in [7, 11) is -4.30. The Morgan fingerprint density at radius 3 is 2.33 bits per heavy atom. The van der Waals surface area contributed by atoms with Crippen LogP contribution in [0.4, 0.5) is 0 Å². The molecule has 0 bridgehead atoms. The molecule has 0 aromatic rings. The first-order valence-corrected chi connectivity index (χ1v) is 6.81. The van der Waals surface area contributed by atoms with E-state index < -0.39 is 19.7 Å². The summed E-state index contributed by atoms with van der Waals surface area (Å²) in [5, 5.41) is 0.998. The molecule has 0 aromatic carbocycles. The smallest absolute Gasteiger partial charge is 0.324 e. The SMILES string of the molecule is NN(C(=O)CP(=O)(O)O)C1CCCCC1. The van der Waals surface area contributed by atoms with Crippen LogP contribution >= 0.6 is 7.60 Å². The Morgan fingerprint density at radius 1 is 1.33 bits per heavy atom. The van der Waals surface area contributed by atoms with Gasteiger partial charge in [-0.15, -0.1) is 0 Å². The van der Waals surface area contributed by atoms with Crippen LogP contribution in [0.3, 0.4) is 0 Å². The number of hydrogen-bond acceptors (Lipinski definition) is 3. The maximum absolute atomic E-state index is 11.4. The summed E-state index contributed by atoms with van der Waals surface area (Å²) in [6.07, 6.45) is 4.02. The van der Waals surface area contributed by atoms with Crippen LogP contribution in [-0.2, 0) is 9.36 Å². The molecule has 1 amide bonds. The van der Waals surface area contributed by atoms with Crippen molar-refractivity contribution in [1.82, 2.24) is 5.01 Å². The molecule has 6 nitrogen and oxygen atoms in total. The summed E-state index contributed by atoms with van der Waals surface area (Å²) < 4.78 is 10.6. The number of hydrogen-bond donors (Lipinski definition) is 3. The van der Waals surface area contributed by atoms with E-state index in [9.17, 15) is 9.36 Å². The number of nitrogens with two attached hydrogens (primary N) is 1. The highest BCUT2D eigenvalue weighted by atomic mass is 31.2. The van der Waals surface area contributed by atoms with Crippen LogP contribution in [-0.4, -0.2) is 32.9 Å². The maximum Gasteiger partial charge on any atom is 0.334 e. The van der Waals surface area contributed by atoms with E-state index in [1.165, 1.54) is 0 Å². The van der Waals surface area contributed by atoms with Crippen molar-refractivity contribution in [3.05, 3.63) is 0 Å². The lowest BCUT2D eigenvalue weighted by Gasteiger charge is -2.30. The van der Waals surface area contributed by atoms with Gasteiger partial charge in [-0.25, -0.2) is 5.84 Å². The van der Waals surface area contributed by atoms with Crippen molar-refractivity contribution in [3.63, 3.8) is 0 Å². The molecule has 88 valence electrons. The predicted octanol–water partition coefficient (Wildman–Crippen LogP) is 0.199. The fourth-order valence-electron chi connectivity index (χ4n) is 1.82. The number of amides is 1. The van der Waals surface area contributed by atoms with E-state index in [2.05, 4.69) is 0 Å². The average Bonchev–Trinajstić information content (AvgIpc) is 2.15. The monoisotopic (exact) mass is 236 g/mol. The standard InChI is InChI=1S/C8H17N2O4P/c9-10(7-4-2-1-3-5-7)8(11)6-15(12,13)14/h7H,1-6,9H2,(H2,12,13,14). The zero-order valence-corrected chi connectivity index (χ0v) is 9.40. The van der Waals surface area contributed by atoms with Crippen molar-refractivity contribution in [3.8, 4) is 0 Å². The van der Waals surface area contributed by atoms with Crippen LogP contribution < -0.4 is 5.84 Å². The largest absolute Gasteiger partial charge is 0.334 e. The molecule has 1 rings (SSSR count). The minimum absolute atomic E-state index is 0.0576. The van der Waals surface area contributed by atoms with Gasteiger partial charge in [-0.1, -0.05) is 19.3 Å². The summed E-state index contributed by atoms with van der Waals surface area (Å²) >= 11 is 0. The van der Waals surface area contributed by atoms with Crippen LogP contribution in [0, 0.1) is 0 Å². The van der Waals surface area contributed by atoms with Gasteiger partial charge in [0, 0.05) is 6.04 Å². The number of hydrazine groups is 1. The highest BCUT2D eigenvalue weighted by molar-refractivity contribution is 7.52. The van der Waals surface area contributed by atoms with Gasteiger partial charge in [0.15, 0.2) is 0 Å². The lowest BCUT2D eigenvalue weighted by atomic mass is 9.95. The quantitative estimate of drug-likeness (QED) is 0.281. The molecule has 0 heterocycles. The highest BCUT2D eigenvalue weighted by Gasteiger charge is 2.27. The first-order chi connectivity index (χ1) is 6.90. The van der Waals surface area contributed by atoms with Crippen molar-refractivity contribution < 1.29 is 19.1 Å². The maximum atomic E-state index is 11.4. The molecule has 1 fully saturated rings. The Hall–Kier alpha value is -0.420. The Bertz CT molecular complexity index is 272. The first-order valence-electron chi connectivity index (χ1n) is 5.01. The summed E-state index contributed by atoms with van der Waals surface area (Å²) in [5.74, 6) is 4.87. The molecule has 0 spiro atoms. The van der Waals surface area contributed by atoms with Gasteiger partial charge < -0.3 is 9.79 Å². The Balaban J connectivity index is 2.48. The van der Waals surface area contributed by atoms with Crippen molar-refractivity contribution in [2.24, 2.45) is 5.84 Å². The molecule has 15 heavy (non-hydrogen) atoms. The van der Waals surface area contributed by atoms with Crippen molar-refractivity contribution in [2.45, 2.75) is 38.1 Å². The Labute approximate surface area is 88.6 Å². The second-order valence-corrected chi connectivity index (χ2v) is 5.56. The van der Waals surface area contributed by atoms with E-state index in [1.54, 1.807) is 0 Å². The third kappa shape index (κ3) is 4.30. The summed E-state index contributed by atoms with van der Waals surface area (Å²) in [5.41, 5.74) is 0. The van der Waals surface area contributed by atoms with Crippen molar-refractivity contribution in [1.29, 1.82) is 0 Å². The molecule has 0 atom stereocenters. The molecule has 0 aliphatic heterocycles. The highest BCUT2D eigenvalue weighted by Crippen LogP contribution is 2.34. The van der Waals surface area contributed by atoms with Crippen LogP contribution in [0.25, 0.3) is 0 Å². The topological polar surface area (TPSA) is 104 Å². The van der Waals surface area contributed by atoms with Gasteiger partial charge in [0.1, 0.15) is 6.16 Å². The second-order valence-electron chi connectivity index (χ2n) is 3.92. The van der Waals surface area contributed by atoms with Crippen LogP contribution in [0.1, 0.15) is 32.1 Å². The van der Waals surface area contributed by atoms with Crippen LogP contribution in [0.5, 0.6) is 0 Å². The zero-order valence-electron chi connectivity index (χ0n) is 8.50. The molecular weight excluding hydrogens is 219 g/mol. The average molecular weight is 236 g/mol. The lowest BCUT2D eigenvalue weighted by molar-refractivity contribution is -0.131. The van der Waals surface area contributed by atoms with Gasteiger partial charge in [0.2, 0.25) is 5.91 Å². The third-order valence-electron chi connectivity index (χ3n) is 2.60. The normalized spacial score (nSPS) is 18.9. The number of nitrogens with zero attached hydrogens (tertiary/aromatic N) is 1. The molecule has 0 saturated heterocycles. The molecule has 0 unspecified atom stereocenters. The molecule has 0 aromatic heterocycles. The summed E-state index contributed by atoms with van der Waals surface area (Å²) in [6.45, 7) is 0. The summed E-state index contributed by atoms with van der Waals surface area (Å²) in [6, 6.07) is -0.0576. The van der Waals surface area contributed by atoms with Gasteiger partial charge >= 0.3 is 7.60 Å². The van der Waals surface area contributed by atoms with Gasteiger partial charge in [0.25, 0.3) is 0 Å². The van der Waals surface area contributed by atoms with E-state index in [1.807, 2.05) is 0 Å². The molecule has 1 saturated carbocycles. The van der Waals surface area contributed by atoms with E-state index in [-0.39, 0.29) is 6.04 Å². The minimum Gasteiger partial charge on any atom is -0.324 e. The third-order valence-corrected chi connectivity index (χ3v) is 3.28. The Kier molecular flexibility index (Phi) is 4.28. The predicted molar refractivity (Wildman–Crippen MR) is 54.8 cm³/mol. The van der Waals surface area contributed by atoms with E-state index in [0.717, 1.165) is 37.1 Å². The van der Waals surface area contributed by atoms with Gasteiger partial charge in [-0.3, -0.25) is 14.4 Å². The summed E-state index contributed by atoms with van der Waals surface area (Å²) in [4.78, 5) is 28.7. The molecule has 7 heteroatoms. The molecule has 1 aliphatic carbocycles. The minimum atomic E-state index is -4.30. The van der Waals surface area contributed by atoms with Crippen molar-refractivity contribution in [2.75, 3.05) is 6.16 Å². The van der Waals surface area contributed by atoms with Gasteiger partial charge in [0.05, 0.1) is 0 Å². The second kappa shape index (κ2) is 5.07. The molecule has 4 N–H and O–H groups in total. The van der Waals surface area contributed by atoms with Gasteiger partial charge in [-0.05, 0) is 12.8 Å². The molecule has 0 radical (unpaired) electrons. The van der Waals surface area contributed by atoms with Gasteiger partial charge in [-0.2, -0.15) is 0 Å². The molecule has 1 aliphatic rings. The fraction of sp³-hybridized carbons (Fsp3) is 0.875. The Morgan fingerprint density at radius 2 is 1.87 bits per heavy atom. The van der Waals surface area contributed by atoms with Crippen LogP contribution in [0.2, 0.25) is 0 Å². The van der Waals surface area contributed by atoms with E-state index >= 15 is 0 Å². The fourth-order valence-corrected chi connectivity index (χ4v) is 2.34. The van der Waals surface area contributed by atoms with E-state index in [0.29, 0.717) is 0 Å². The van der Waals surface area contributed by atoms with Crippen LogP contribution in [0.15, 0.2) is 0 Å². The zero-order chi connectivity index (χ0) is 11.5. The van der Waals surface area contributed by atoms with E-state index in [4.69, 9.17) is 15.6 Å². The van der Waals surface area contributed by atoms with Crippen molar-refractivity contribution >= 4 is 13.5 Å². The molecular formula is C8H17N2O4P. The number of rotatable bonds is 3. The first kappa shape index (κ1) is 12.6. The lowest BCUT2D eigenvalue weighted by Crippen LogP contribution is -2.47. The number of carbonyl (C=O) groups is 1. The number of carbonyl (C=O) groups excluding carboxylic acids is 1.